The van der Waals surface area contributed by atoms with Crippen molar-refractivity contribution in [2.45, 2.75) is 0 Å². The molecule has 0 bridgehead atoms. The fourth-order valence-corrected chi connectivity index (χ4v) is 1.76. The van der Waals surface area contributed by atoms with Gasteiger partial charge in [0.05, 0.1) is 15.7 Å². The molecule has 1 aromatic carbocycles. The molecule has 16 heavy (non-hydrogen) atoms. The number of halogens is 3. The van der Waals surface area contributed by atoms with E-state index < -0.39 is 0 Å². The molecular formula is C11H7Cl3N2. The van der Waals surface area contributed by atoms with Gasteiger partial charge in [-0.25, -0.2) is 4.98 Å². The van der Waals surface area contributed by atoms with Gasteiger partial charge < -0.3 is 5.32 Å². The maximum Gasteiger partial charge on any atom is 0.131 e. The zero-order valence-electron chi connectivity index (χ0n) is 8.05. The van der Waals surface area contributed by atoms with Gasteiger partial charge in [0.1, 0.15) is 5.15 Å². The molecule has 0 radical (unpaired) electrons. The lowest BCUT2D eigenvalue weighted by Gasteiger charge is -2.09. The summed E-state index contributed by atoms with van der Waals surface area (Å²) in [6.45, 7) is 0. The molecule has 0 saturated heterocycles. The van der Waals surface area contributed by atoms with Crippen LogP contribution in [0.1, 0.15) is 0 Å². The van der Waals surface area contributed by atoms with Crippen LogP contribution in [0.15, 0.2) is 36.5 Å². The fourth-order valence-electron chi connectivity index (χ4n) is 1.24. The van der Waals surface area contributed by atoms with Crippen molar-refractivity contribution in [2.24, 2.45) is 0 Å². The summed E-state index contributed by atoms with van der Waals surface area (Å²) in [4.78, 5) is 3.89. The van der Waals surface area contributed by atoms with E-state index in [1.807, 2.05) is 12.1 Å². The predicted octanol–water partition coefficient (Wildman–Crippen LogP) is 4.79. The minimum atomic E-state index is 0.420. The second-order valence-electron chi connectivity index (χ2n) is 3.09. The smallest absolute Gasteiger partial charge is 0.131 e. The highest BCUT2D eigenvalue weighted by molar-refractivity contribution is 6.43. The maximum absolute atomic E-state index is 6.04. The number of anilines is 2. The number of aromatic nitrogens is 1. The van der Waals surface area contributed by atoms with Gasteiger partial charge in [0.2, 0.25) is 0 Å². The van der Waals surface area contributed by atoms with E-state index in [-0.39, 0.29) is 0 Å². The van der Waals surface area contributed by atoms with Crippen LogP contribution in [0.3, 0.4) is 0 Å². The van der Waals surface area contributed by atoms with E-state index in [2.05, 4.69) is 10.3 Å². The summed E-state index contributed by atoms with van der Waals surface area (Å²) < 4.78 is 0. The molecule has 2 aromatic rings. The number of nitrogens with zero attached hydrogens (tertiary/aromatic N) is 1. The van der Waals surface area contributed by atoms with Crippen molar-refractivity contribution in [2.75, 3.05) is 5.32 Å². The van der Waals surface area contributed by atoms with Crippen LogP contribution in [-0.2, 0) is 0 Å². The molecular weight excluding hydrogens is 266 g/mol. The Hall–Kier alpha value is -0.960. The zero-order chi connectivity index (χ0) is 11.5. The van der Waals surface area contributed by atoms with Crippen molar-refractivity contribution in [1.82, 2.24) is 4.98 Å². The van der Waals surface area contributed by atoms with Crippen LogP contribution in [0.4, 0.5) is 11.4 Å². The first-order valence-electron chi connectivity index (χ1n) is 4.49. The van der Waals surface area contributed by atoms with Gasteiger partial charge >= 0.3 is 0 Å². The van der Waals surface area contributed by atoms with Gasteiger partial charge in [0.25, 0.3) is 0 Å². The minimum Gasteiger partial charge on any atom is -0.354 e. The Morgan fingerprint density at radius 3 is 2.62 bits per heavy atom. The van der Waals surface area contributed by atoms with Crippen LogP contribution in [-0.4, -0.2) is 4.98 Å². The Morgan fingerprint density at radius 2 is 1.88 bits per heavy atom. The van der Waals surface area contributed by atoms with E-state index in [0.717, 1.165) is 11.4 Å². The van der Waals surface area contributed by atoms with Crippen LogP contribution in [0.2, 0.25) is 15.2 Å². The van der Waals surface area contributed by atoms with Gasteiger partial charge in [-0.1, -0.05) is 40.9 Å². The number of benzene rings is 1. The lowest BCUT2D eigenvalue weighted by molar-refractivity contribution is 1.32. The molecule has 0 unspecified atom stereocenters. The van der Waals surface area contributed by atoms with E-state index in [1.54, 1.807) is 24.4 Å². The third-order valence-corrected chi connectivity index (χ3v) is 2.98. The van der Waals surface area contributed by atoms with Crippen molar-refractivity contribution in [3.63, 3.8) is 0 Å². The number of hydrogen-bond acceptors (Lipinski definition) is 2. The molecule has 0 atom stereocenters. The van der Waals surface area contributed by atoms with Crippen LogP contribution >= 0.6 is 34.8 Å². The molecule has 0 amide bonds. The van der Waals surface area contributed by atoms with E-state index in [4.69, 9.17) is 34.8 Å². The molecule has 82 valence electrons. The number of rotatable bonds is 2. The first-order valence-corrected chi connectivity index (χ1v) is 5.63. The number of pyridine rings is 1. The van der Waals surface area contributed by atoms with Crippen molar-refractivity contribution < 1.29 is 0 Å². The van der Waals surface area contributed by atoms with E-state index in [0.29, 0.717) is 15.2 Å². The van der Waals surface area contributed by atoms with Crippen molar-refractivity contribution in [3.05, 3.63) is 51.7 Å². The molecule has 0 aliphatic carbocycles. The molecule has 0 fully saturated rings. The first kappa shape index (κ1) is 11.5. The molecule has 1 N–H and O–H groups in total. The number of nitrogens with one attached hydrogen (secondary N) is 1. The third-order valence-electron chi connectivity index (χ3n) is 1.96. The standard InChI is InChI=1S/C11H7Cl3N2/c12-8-2-1-3-9(11(8)14)16-7-4-5-15-10(13)6-7/h1-6H,(H,15,16). The predicted molar refractivity (Wildman–Crippen MR) is 69.0 cm³/mol. The summed E-state index contributed by atoms with van der Waals surface area (Å²) in [5.74, 6) is 0. The van der Waals surface area contributed by atoms with Gasteiger partial charge in [0, 0.05) is 11.9 Å². The van der Waals surface area contributed by atoms with Gasteiger partial charge in [-0.15, -0.1) is 0 Å². The first-order chi connectivity index (χ1) is 7.66. The largest absolute Gasteiger partial charge is 0.354 e. The van der Waals surface area contributed by atoms with Gasteiger partial charge in [-0.2, -0.15) is 0 Å². The van der Waals surface area contributed by atoms with Crippen molar-refractivity contribution >= 4 is 46.2 Å². The summed E-state index contributed by atoms with van der Waals surface area (Å²) in [6.07, 6.45) is 1.61. The SMILES string of the molecule is Clc1cc(Nc2cccc(Cl)c2Cl)ccn1. The van der Waals surface area contributed by atoms with Gasteiger partial charge in [-0.05, 0) is 24.3 Å². The second kappa shape index (κ2) is 4.91. The highest BCUT2D eigenvalue weighted by atomic mass is 35.5. The highest BCUT2D eigenvalue weighted by Crippen LogP contribution is 2.31. The molecule has 0 aliphatic rings. The van der Waals surface area contributed by atoms with Crippen molar-refractivity contribution in [1.29, 1.82) is 0 Å². The van der Waals surface area contributed by atoms with Gasteiger partial charge in [0.15, 0.2) is 0 Å². The summed E-state index contributed by atoms with van der Waals surface area (Å²) in [6, 6.07) is 8.89. The minimum absolute atomic E-state index is 0.420. The molecule has 5 heteroatoms. The number of hydrogen-bond donors (Lipinski definition) is 1. The summed E-state index contributed by atoms with van der Waals surface area (Å²) in [7, 11) is 0. The molecule has 0 aliphatic heterocycles. The van der Waals surface area contributed by atoms with E-state index >= 15 is 0 Å². The zero-order valence-corrected chi connectivity index (χ0v) is 10.3. The van der Waals surface area contributed by atoms with E-state index in [9.17, 15) is 0 Å². The quantitative estimate of drug-likeness (QED) is 0.796. The molecule has 1 aromatic heterocycles. The average Bonchev–Trinajstić information content (AvgIpc) is 2.25. The molecule has 2 nitrogen and oxygen atoms in total. The van der Waals surface area contributed by atoms with Gasteiger partial charge in [-0.3, -0.25) is 0 Å². The summed E-state index contributed by atoms with van der Waals surface area (Å²) >= 11 is 17.7. The Labute approximate surface area is 108 Å². The Balaban J connectivity index is 2.31. The average molecular weight is 274 g/mol. The third kappa shape index (κ3) is 2.59. The lowest BCUT2D eigenvalue weighted by Crippen LogP contribution is -1.91. The van der Waals surface area contributed by atoms with Crippen molar-refractivity contribution in [3.8, 4) is 0 Å². The topological polar surface area (TPSA) is 24.9 Å². The van der Waals surface area contributed by atoms with E-state index in [1.165, 1.54) is 0 Å². The van der Waals surface area contributed by atoms with Crippen LogP contribution < -0.4 is 5.32 Å². The fraction of sp³-hybridized carbons (Fsp3) is 0. The monoisotopic (exact) mass is 272 g/mol. The molecule has 0 spiro atoms. The normalized spacial score (nSPS) is 10.2. The molecule has 2 rings (SSSR count). The lowest BCUT2D eigenvalue weighted by atomic mass is 10.3. The van der Waals surface area contributed by atoms with Crippen LogP contribution in [0.25, 0.3) is 0 Å². The second-order valence-corrected chi connectivity index (χ2v) is 4.27. The van der Waals surface area contributed by atoms with Crippen LogP contribution in [0, 0.1) is 0 Å². The molecule has 1 heterocycles. The Bertz CT molecular complexity index is 514. The summed E-state index contributed by atoms with van der Waals surface area (Å²) in [5, 5.41) is 4.52. The van der Waals surface area contributed by atoms with Crippen LogP contribution in [0.5, 0.6) is 0 Å². The highest BCUT2D eigenvalue weighted by Gasteiger charge is 2.04. The Kier molecular flexibility index (Phi) is 3.54. The Morgan fingerprint density at radius 1 is 1.06 bits per heavy atom. The molecule has 0 saturated carbocycles. The maximum atomic E-state index is 6.04. The summed E-state index contributed by atoms with van der Waals surface area (Å²) in [5.41, 5.74) is 1.54.